The van der Waals surface area contributed by atoms with Gasteiger partial charge in [-0.05, 0) is 29.5 Å². The average molecular weight is 274 g/mol. The predicted octanol–water partition coefficient (Wildman–Crippen LogP) is 3.71. The van der Waals surface area contributed by atoms with E-state index < -0.39 is 0 Å². The molecule has 1 heterocycles. The van der Waals surface area contributed by atoms with E-state index in [0.717, 1.165) is 6.54 Å². The lowest BCUT2D eigenvalue weighted by Crippen LogP contribution is -2.25. The average Bonchev–Trinajstić information content (AvgIpc) is 2.63. The maximum atomic E-state index is 2.56. The number of hydrogen-bond donors (Lipinski definition) is 0. The zero-order valence-corrected chi connectivity index (χ0v) is 11.9. The molecule has 0 N–H and O–H groups in total. The minimum Gasteiger partial charge on any atom is -0.298 e. The first-order valence-corrected chi connectivity index (χ1v) is 6.75. The van der Waals surface area contributed by atoms with Gasteiger partial charge in [0.25, 0.3) is 0 Å². The van der Waals surface area contributed by atoms with Crippen LogP contribution in [0.4, 0.5) is 0 Å². The number of nitrogens with zero attached hydrogens (tertiary/aromatic N) is 1. The molecule has 0 atom stereocenters. The molecule has 1 aliphatic heterocycles. The third-order valence-corrected chi connectivity index (χ3v) is 3.76. The Bertz CT molecular complexity index is 483. The highest BCUT2D eigenvalue weighted by Gasteiger charge is 2.13. The Morgan fingerprint density at radius 1 is 0.737 bits per heavy atom. The summed E-state index contributed by atoms with van der Waals surface area (Å²) < 4.78 is 0. The van der Waals surface area contributed by atoms with E-state index in [1.807, 2.05) is 0 Å². The SMILES string of the molecule is Cl.c1ccc(CN2CCc3ccccc3CC2)cc1. The van der Waals surface area contributed by atoms with Crippen molar-refractivity contribution in [1.29, 1.82) is 0 Å². The molecule has 0 unspecified atom stereocenters. The van der Waals surface area contributed by atoms with Crippen LogP contribution in [0.1, 0.15) is 16.7 Å². The Morgan fingerprint density at radius 3 is 1.84 bits per heavy atom. The molecule has 0 saturated carbocycles. The van der Waals surface area contributed by atoms with Gasteiger partial charge in [-0.1, -0.05) is 54.6 Å². The van der Waals surface area contributed by atoms with Gasteiger partial charge in [0, 0.05) is 19.6 Å². The van der Waals surface area contributed by atoms with Crippen LogP contribution >= 0.6 is 12.4 Å². The standard InChI is InChI=1S/C17H19N.ClH/c1-2-6-15(7-3-1)14-18-12-10-16-8-4-5-9-17(16)11-13-18;/h1-9H,10-14H2;1H. The molecular weight excluding hydrogens is 254 g/mol. The lowest BCUT2D eigenvalue weighted by atomic mass is 10.0. The molecule has 0 amide bonds. The van der Waals surface area contributed by atoms with Crippen LogP contribution in [0.2, 0.25) is 0 Å². The fraction of sp³-hybridized carbons (Fsp3) is 0.294. The van der Waals surface area contributed by atoms with Crippen molar-refractivity contribution in [1.82, 2.24) is 4.90 Å². The molecule has 0 saturated heterocycles. The highest BCUT2D eigenvalue weighted by molar-refractivity contribution is 5.85. The molecule has 100 valence electrons. The molecule has 3 rings (SSSR count). The summed E-state index contributed by atoms with van der Waals surface area (Å²) in [5.74, 6) is 0. The zero-order chi connectivity index (χ0) is 12.2. The van der Waals surface area contributed by atoms with E-state index in [2.05, 4.69) is 59.5 Å². The second-order valence-corrected chi connectivity index (χ2v) is 5.03. The van der Waals surface area contributed by atoms with Crippen LogP contribution in [0.25, 0.3) is 0 Å². The zero-order valence-electron chi connectivity index (χ0n) is 11.1. The summed E-state index contributed by atoms with van der Waals surface area (Å²) in [6, 6.07) is 19.7. The van der Waals surface area contributed by atoms with E-state index in [1.54, 1.807) is 0 Å². The fourth-order valence-electron chi connectivity index (χ4n) is 2.71. The molecule has 0 spiro atoms. The van der Waals surface area contributed by atoms with E-state index in [4.69, 9.17) is 0 Å². The van der Waals surface area contributed by atoms with Gasteiger partial charge in [0.05, 0.1) is 0 Å². The second kappa shape index (κ2) is 6.74. The van der Waals surface area contributed by atoms with Gasteiger partial charge in [0.2, 0.25) is 0 Å². The Hall–Kier alpha value is -1.31. The monoisotopic (exact) mass is 273 g/mol. The van der Waals surface area contributed by atoms with Crippen molar-refractivity contribution in [3.05, 3.63) is 71.3 Å². The van der Waals surface area contributed by atoms with E-state index in [9.17, 15) is 0 Å². The van der Waals surface area contributed by atoms with Gasteiger partial charge in [-0.25, -0.2) is 0 Å². The van der Waals surface area contributed by atoms with Crippen LogP contribution in [0, 0.1) is 0 Å². The van der Waals surface area contributed by atoms with Gasteiger partial charge in [-0.15, -0.1) is 12.4 Å². The Labute approximate surface area is 121 Å². The quantitative estimate of drug-likeness (QED) is 0.806. The minimum absolute atomic E-state index is 0. The van der Waals surface area contributed by atoms with Gasteiger partial charge in [-0.3, -0.25) is 4.90 Å². The smallest absolute Gasteiger partial charge is 0.0233 e. The molecule has 0 fully saturated rings. The minimum atomic E-state index is 0. The van der Waals surface area contributed by atoms with Crippen LogP contribution in [0.5, 0.6) is 0 Å². The summed E-state index contributed by atoms with van der Waals surface area (Å²) in [6.45, 7) is 3.42. The van der Waals surface area contributed by atoms with E-state index in [0.29, 0.717) is 0 Å². The fourth-order valence-corrected chi connectivity index (χ4v) is 2.71. The number of hydrogen-bond acceptors (Lipinski definition) is 1. The first-order chi connectivity index (χ1) is 8.92. The summed E-state index contributed by atoms with van der Waals surface area (Å²) in [5.41, 5.74) is 4.49. The summed E-state index contributed by atoms with van der Waals surface area (Å²) >= 11 is 0. The molecule has 2 aromatic carbocycles. The lowest BCUT2D eigenvalue weighted by Gasteiger charge is -2.19. The molecule has 0 bridgehead atoms. The Balaban J connectivity index is 0.00000133. The first-order valence-electron chi connectivity index (χ1n) is 6.75. The van der Waals surface area contributed by atoms with Crippen LogP contribution in [0.3, 0.4) is 0 Å². The number of fused-ring (bicyclic) bond motifs is 1. The maximum Gasteiger partial charge on any atom is 0.0233 e. The van der Waals surface area contributed by atoms with Crippen LogP contribution in [-0.2, 0) is 19.4 Å². The maximum absolute atomic E-state index is 2.56. The van der Waals surface area contributed by atoms with Crippen molar-refractivity contribution in [2.24, 2.45) is 0 Å². The topological polar surface area (TPSA) is 3.24 Å². The summed E-state index contributed by atoms with van der Waals surface area (Å²) in [4.78, 5) is 2.56. The lowest BCUT2D eigenvalue weighted by molar-refractivity contribution is 0.279. The normalized spacial score (nSPS) is 15.2. The second-order valence-electron chi connectivity index (χ2n) is 5.03. The first kappa shape index (κ1) is 14.1. The molecule has 0 aromatic heterocycles. The van der Waals surface area contributed by atoms with E-state index >= 15 is 0 Å². The molecule has 19 heavy (non-hydrogen) atoms. The number of halogens is 1. The van der Waals surface area contributed by atoms with Crippen molar-refractivity contribution in [2.75, 3.05) is 13.1 Å². The van der Waals surface area contributed by atoms with Gasteiger partial charge < -0.3 is 0 Å². The largest absolute Gasteiger partial charge is 0.298 e. The molecule has 1 aliphatic rings. The van der Waals surface area contributed by atoms with Crippen molar-refractivity contribution in [2.45, 2.75) is 19.4 Å². The molecule has 0 radical (unpaired) electrons. The highest BCUT2D eigenvalue weighted by atomic mass is 35.5. The van der Waals surface area contributed by atoms with Crippen LogP contribution in [0.15, 0.2) is 54.6 Å². The van der Waals surface area contributed by atoms with Crippen molar-refractivity contribution >= 4 is 12.4 Å². The molecule has 2 aromatic rings. The van der Waals surface area contributed by atoms with Gasteiger partial charge in [-0.2, -0.15) is 0 Å². The Morgan fingerprint density at radius 2 is 1.26 bits per heavy atom. The molecule has 1 nitrogen and oxygen atoms in total. The van der Waals surface area contributed by atoms with E-state index in [-0.39, 0.29) is 12.4 Å². The van der Waals surface area contributed by atoms with Gasteiger partial charge in [0.1, 0.15) is 0 Å². The number of benzene rings is 2. The molecular formula is C17H20ClN. The summed E-state index contributed by atoms with van der Waals surface area (Å²) in [6.07, 6.45) is 2.37. The van der Waals surface area contributed by atoms with Gasteiger partial charge in [0.15, 0.2) is 0 Å². The summed E-state index contributed by atoms with van der Waals surface area (Å²) in [7, 11) is 0. The molecule has 0 aliphatic carbocycles. The number of rotatable bonds is 2. The van der Waals surface area contributed by atoms with Gasteiger partial charge >= 0.3 is 0 Å². The van der Waals surface area contributed by atoms with E-state index in [1.165, 1.54) is 42.6 Å². The third kappa shape index (κ3) is 3.59. The van der Waals surface area contributed by atoms with Crippen LogP contribution in [-0.4, -0.2) is 18.0 Å². The molecule has 2 heteroatoms. The van der Waals surface area contributed by atoms with Crippen molar-refractivity contribution in [3.63, 3.8) is 0 Å². The van der Waals surface area contributed by atoms with Crippen molar-refractivity contribution in [3.8, 4) is 0 Å². The Kier molecular flexibility index (Phi) is 5.00. The third-order valence-electron chi connectivity index (χ3n) is 3.76. The summed E-state index contributed by atoms with van der Waals surface area (Å²) in [5, 5.41) is 0. The van der Waals surface area contributed by atoms with Crippen molar-refractivity contribution < 1.29 is 0 Å². The highest BCUT2D eigenvalue weighted by Crippen LogP contribution is 2.16. The predicted molar refractivity (Wildman–Crippen MR) is 82.8 cm³/mol. The van der Waals surface area contributed by atoms with Crippen LogP contribution < -0.4 is 0 Å².